The molecule has 3 amide bonds. The van der Waals surface area contributed by atoms with E-state index in [-0.39, 0.29) is 31.4 Å². The maximum atomic E-state index is 12.9. The number of aliphatic hydroxyl groups is 1. The van der Waals surface area contributed by atoms with Gasteiger partial charge in [0.15, 0.2) is 0 Å². The minimum Gasteiger partial charge on any atom is -0.464 e. The Bertz CT molecular complexity index is 637. The summed E-state index contributed by atoms with van der Waals surface area (Å²) in [5.41, 5.74) is -1.07. The molecule has 0 aromatic rings. The molecule has 2 N–H and O–H groups in total. The molecule has 2 heterocycles. The van der Waals surface area contributed by atoms with Gasteiger partial charge in [0.05, 0.1) is 12.7 Å². The number of allylic oxidation sites excluding steroid dienone is 1. The van der Waals surface area contributed by atoms with Crippen LogP contribution in [-0.4, -0.2) is 77.2 Å². The molecule has 0 aromatic carbocycles. The Kier molecular flexibility index (Phi) is 5.74. The van der Waals surface area contributed by atoms with Crippen LogP contribution in [0.25, 0.3) is 0 Å². The number of likely N-dealkylation sites (N-methyl/N-ethyl adjacent to an activating group) is 1. The van der Waals surface area contributed by atoms with Gasteiger partial charge in [-0.05, 0) is 32.6 Å². The molecule has 3 aliphatic rings. The number of amides is 3. The molecule has 8 heteroatoms. The first kappa shape index (κ1) is 19.7. The first-order chi connectivity index (χ1) is 12.9. The molecule has 4 atom stereocenters. The highest BCUT2D eigenvalue weighted by Gasteiger charge is 2.62. The van der Waals surface area contributed by atoms with Crippen LogP contribution in [0, 0.1) is 5.92 Å². The van der Waals surface area contributed by atoms with Gasteiger partial charge in [-0.3, -0.25) is 4.79 Å². The Morgan fingerprint density at radius 1 is 1.41 bits per heavy atom. The van der Waals surface area contributed by atoms with Crippen molar-refractivity contribution < 1.29 is 24.2 Å². The summed E-state index contributed by atoms with van der Waals surface area (Å²) in [7, 11) is 1.72. The number of hydrogen-bond acceptors (Lipinski definition) is 5. The van der Waals surface area contributed by atoms with Crippen LogP contribution in [-0.2, 0) is 14.3 Å². The number of ether oxygens (including phenoxy) is 1. The topological polar surface area (TPSA) is 99.2 Å². The van der Waals surface area contributed by atoms with Gasteiger partial charge in [0.1, 0.15) is 11.6 Å². The van der Waals surface area contributed by atoms with Crippen LogP contribution in [0.15, 0.2) is 12.2 Å². The van der Waals surface area contributed by atoms with Crippen LogP contribution in [0.4, 0.5) is 4.79 Å². The van der Waals surface area contributed by atoms with Gasteiger partial charge in [-0.15, -0.1) is 0 Å². The van der Waals surface area contributed by atoms with E-state index in [1.165, 1.54) is 4.90 Å². The molecule has 0 unspecified atom stereocenters. The van der Waals surface area contributed by atoms with Crippen LogP contribution in [0.2, 0.25) is 0 Å². The van der Waals surface area contributed by atoms with Crippen molar-refractivity contribution in [3.8, 4) is 0 Å². The molecule has 1 saturated carbocycles. The average Bonchev–Trinajstić information content (AvgIpc) is 3.18. The number of carbonyl (C=O) groups is 3. The highest BCUT2D eigenvalue weighted by Crippen LogP contribution is 2.46. The quantitative estimate of drug-likeness (QED) is 0.542. The number of aliphatic hydroxyl groups excluding tert-OH is 1. The number of hydrogen-bond donors (Lipinski definition) is 2. The lowest BCUT2D eigenvalue weighted by molar-refractivity contribution is -0.147. The predicted octanol–water partition coefficient (Wildman–Crippen LogP) is 0.652. The number of nitrogens with one attached hydrogen (secondary N) is 1. The Balaban J connectivity index is 1.85. The molecule has 2 fully saturated rings. The molecule has 0 spiro atoms. The first-order valence-electron chi connectivity index (χ1n) is 9.74. The standard InChI is InChI=1S/C19H29N3O5/c1-3-27-17(25)19-11-13(19)8-6-4-5-7-9-21(2)16(24)15-10-14(23)12-22(15)18(26)20-19/h6,8,13-15,23H,3-5,7,9-12H2,1-2H3,(H,20,26)/b8-6-/t13-,14-,15-,19+/m0/s1. The zero-order valence-electron chi connectivity index (χ0n) is 16.0. The monoisotopic (exact) mass is 379 g/mol. The Morgan fingerprint density at radius 3 is 2.93 bits per heavy atom. The lowest BCUT2D eigenvalue weighted by Crippen LogP contribution is -2.55. The Hall–Kier alpha value is -2.09. The lowest BCUT2D eigenvalue weighted by atomic mass is 10.1. The second-order valence-corrected chi connectivity index (χ2v) is 7.67. The summed E-state index contributed by atoms with van der Waals surface area (Å²) in [6.07, 6.45) is 6.64. The highest BCUT2D eigenvalue weighted by molar-refractivity contribution is 5.93. The summed E-state index contributed by atoms with van der Waals surface area (Å²) in [6, 6.07) is -1.21. The minimum atomic E-state index is -1.07. The van der Waals surface area contributed by atoms with Crippen molar-refractivity contribution in [3.05, 3.63) is 12.2 Å². The molecular formula is C19H29N3O5. The highest BCUT2D eigenvalue weighted by atomic mass is 16.5. The van der Waals surface area contributed by atoms with E-state index in [2.05, 4.69) is 5.32 Å². The van der Waals surface area contributed by atoms with Crippen LogP contribution in [0.1, 0.15) is 39.0 Å². The molecule has 1 saturated heterocycles. The van der Waals surface area contributed by atoms with E-state index in [0.29, 0.717) is 13.0 Å². The van der Waals surface area contributed by atoms with Crippen molar-refractivity contribution in [2.24, 2.45) is 5.92 Å². The largest absolute Gasteiger partial charge is 0.464 e. The van der Waals surface area contributed by atoms with Gasteiger partial charge in [0.25, 0.3) is 0 Å². The summed E-state index contributed by atoms with van der Waals surface area (Å²) in [6.45, 7) is 2.66. The molecule has 0 aromatic heterocycles. The van der Waals surface area contributed by atoms with Crippen molar-refractivity contribution in [2.75, 3.05) is 26.7 Å². The summed E-state index contributed by atoms with van der Waals surface area (Å²) in [5.74, 6) is -0.723. The van der Waals surface area contributed by atoms with E-state index in [1.807, 2.05) is 12.2 Å². The third-order valence-corrected chi connectivity index (χ3v) is 5.67. The molecule has 27 heavy (non-hydrogen) atoms. The fourth-order valence-electron chi connectivity index (χ4n) is 3.98. The molecule has 3 rings (SSSR count). The van der Waals surface area contributed by atoms with Gasteiger partial charge in [-0.25, -0.2) is 9.59 Å². The molecule has 0 radical (unpaired) electrons. The maximum absolute atomic E-state index is 12.9. The van der Waals surface area contributed by atoms with Crippen molar-refractivity contribution in [1.29, 1.82) is 0 Å². The van der Waals surface area contributed by atoms with Gasteiger partial charge < -0.3 is 25.0 Å². The third kappa shape index (κ3) is 3.95. The van der Waals surface area contributed by atoms with Crippen LogP contribution in [0.3, 0.4) is 0 Å². The molecule has 0 bridgehead atoms. The van der Waals surface area contributed by atoms with Gasteiger partial charge >= 0.3 is 12.0 Å². The summed E-state index contributed by atoms with van der Waals surface area (Å²) in [4.78, 5) is 41.2. The molecule has 1 aliphatic carbocycles. The third-order valence-electron chi connectivity index (χ3n) is 5.67. The fourth-order valence-corrected chi connectivity index (χ4v) is 3.98. The molecule has 150 valence electrons. The Morgan fingerprint density at radius 2 is 2.19 bits per heavy atom. The van der Waals surface area contributed by atoms with Gasteiger partial charge in [0, 0.05) is 32.5 Å². The second kappa shape index (κ2) is 7.88. The normalized spacial score (nSPS) is 35.6. The Labute approximate surface area is 159 Å². The molecule has 8 nitrogen and oxygen atoms in total. The van der Waals surface area contributed by atoms with E-state index >= 15 is 0 Å². The van der Waals surface area contributed by atoms with E-state index in [1.54, 1.807) is 18.9 Å². The lowest BCUT2D eigenvalue weighted by Gasteiger charge is -2.29. The number of esters is 1. The minimum absolute atomic E-state index is 0.0789. The maximum Gasteiger partial charge on any atom is 0.332 e. The zero-order valence-corrected chi connectivity index (χ0v) is 16.0. The zero-order chi connectivity index (χ0) is 19.6. The predicted molar refractivity (Wildman–Crippen MR) is 97.7 cm³/mol. The van der Waals surface area contributed by atoms with Gasteiger partial charge in [0.2, 0.25) is 5.91 Å². The van der Waals surface area contributed by atoms with Gasteiger partial charge in [-0.2, -0.15) is 0 Å². The molecular weight excluding hydrogens is 350 g/mol. The van der Waals surface area contributed by atoms with Gasteiger partial charge in [-0.1, -0.05) is 12.2 Å². The second-order valence-electron chi connectivity index (χ2n) is 7.67. The van der Waals surface area contributed by atoms with Crippen molar-refractivity contribution in [2.45, 2.75) is 56.7 Å². The first-order valence-corrected chi connectivity index (χ1v) is 9.74. The molecule has 2 aliphatic heterocycles. The van der Waals surface area contributed by atoms with Crippen LogP contribution >= 0.6 is 0 Å². The smallest absolute Gasteiger partial charge is 0.332 e. The number of rotatable bonds is 2. The summed E-state index contributed by atoms with van der Waals surface area (Å²) >= 11 is 0. The fraction of sp³-hybridized carbons (Fsp3) is 0.737. The van der Waals surface area contributed by atoms with Crippen LogP contribution in [0.5, 0.6) is 0 Å². The van der Waals surface area contributed by atoms with Crippen molar-refractivity contribution in [3.63, 3.8) is 0 Å². The van der Waals surface area contributed by atoms with E-state index in [0.717, 1.165) is 19.3 Å². The number of carbonyl (C=O) groups excluding carboxylic acids is 3. The summed E-state index contributed by atoms with van der Waals surface area (Å²) in [5, 5.41) is 12.9. The van der Waals surface area contributed by atoms with Crippen molar-refractivity contribution >= 4 is 17.9 Å². The van der Waals surface area contributed by atoms with E-state index in [9.17, 15) is 19.5 Å². The average molecular weight is 379 g/mol. The number of urea groups is 1. The number of nitrogens with zero attached hydrogens (tertiary/aromatic N) is 2. The van der Waals surface area contributed by atoms with E-state index in [4.69, 9.17) is 4.74 Å². The SMILES string of the molecule is CCOC(=O)[C@@]12C[C@@H]1/C=C\CCCCN(C)C(=O)[C@@H]1C[C@H](O)CN1C(=O)N2. The van der Waals surface area contributed by atoms with E-state index < -0.39 is 29.7 Å². The van der Waals surface area contributed by atoms with Crippen LogP contribution < -0.4 is 5.32 Å². The van der Waals surface area contributed by atoms with Crippen molar-refractivity contribution in [1.82, 2.24) is 15.1 Å². The number of fused-ring (bicyclic) bond motifs is 2. The summed E-state index contributed by atoms with van der Waals surface area (Å²) < 4.78 is 5.18.